The predicted octanol–water partition coefficient (Wildman–Crippen LogP) is 5.52. The van der Waals surface area contributed by atoms with E-state index in [1.54, 1.807) is 24.3 Å². The van der Waals surface area contributed by atoms with Crippen molar-refractivity contribution in [3.63, 3.8) is 0 Å². The number of rotatable bonds is 4. The number of hydrogen-bond donors (Lipinski definition) is 1. The Labute approximate surface area is 211 Å². The average molecular weight is 517 g/mol. The van der Waals surface area contributed by atoms with E-state index >= 15 is 0 Å². The number of imidazole rings is 2. The van der Waals surface area contributed by atoms with Crippen LogP contribution in [0.15, 0.2) is 85.3 Å². The highest BCUT2D eigenvalue weighted by atomic mass is 19.4. The lowest BCUT2D eigenvalue weighted by Crippen LogP contribution is -2.15. The molecule has 0 spiro atoms. The van der Waals surface area contributed by atoms with Gasteiger partial charge < -0.3 is 5.32 Å². The zero-order valence-corrected chi connectivity index (χ0v) is 19.2. The topological polar surface area (TPSA) is 89.5 Å². The number of hydrogen-bond acceptors (Lipinski definition) is 5. The third-order valence-corrected chi connectivity index (χ3v) is 5.76. The van der Waals surface area contributed by atoms with E-state index in [1.807, 2.05) is 28.8 Å². The molecule has 38 heavy (non-hydrogen) atoms. The number of anilines is 1. The molecule has 0 fully saturated rings. The van der Waals surface area contributed by atoms with Crippen molar-refractivity contribution in [2.24, 2.45) is 0 Å². The highest BCUT2D eigenvalue weighted by Crippen LogP contribution is 2.32. The minimum Gasteiger partial charge on any atom is -0.305 e. The molecule has 0 aliphatic heterocycles. The number of carbonyl (C=O) groups excluding carboxylic acids is 1. The van der Waals surface area contributed by atoms with Crippen molar-refractivity contribution in [3.05, 3.63) is 102 Å². The van der Waals surface area contributed by atoms with Gasteiger partial charge in [-0.25, -0.2) is 18.9 Å². The number of benzene rings is 1. The summed E-state index contributed by atoms with van der Waals surface area (Å²) in [5.41, 5.74) is 2.14. The van der Waals surface area contributed by atoms with Crippen LogP contribution in [0.4, 0.5) is 23.4 Å². The van der Waals surface area contributed by atoms with Gasteiger partial charge in [0.2, 0.25) is 0 Å². The first-order valence-electron chi connectivity index (χ1n) is 11.2. The molecular formula is C26H15F4N7O. The van der Waals surface area contributed by atoms with Crippen LogP contribution in [0.2, 0.25) is 0 Å². The fourth-order valence-electron chi connectivity index (χ4n) is 4.03. The molecule has 0 bridgehead atoms. The number of carbonyl (C=O) groups is 1. The van der Waals surface area contributed by atoms with E-state index in [1.165, 1.54) is 28.9 Å². The molecule has 0 saturated carbocycles. The van der Waals surface area contributed by atoms with Crippen molar-refractivity contribution < 1.29 is 22.4 Å². The number of alkyl halides is 3. The Morgan fingerprint density at radius 1 is 0.921 bits per heavy atom. The van der Waals surface area contributed by atoms with Crippen LogP contribution >= 0.6 is 0 Å². The van der Waals surface area contributed by atoms with Crippen LogP contribution in [0, 0.1) is 5.82 Å². The maximum Gasteiger partial charge on any atom is 0.433 e. The minimum absolute atomic E-state index is 0.0990. The molecule has 0 unspecified atom stereocenters. The Balaban J connectivity index is 1.37. The van der Waals surface area contributed by atoms with Gasteiger partial charge in [0.15, 0.2) is 11.5 Å². The largest absolute Gasteiger partial charge is 0.433 e. The molecule has 1 aromatic carbocycles. The van der Waals surface area contributed by atoms with E-state index in [0.29, 0.717) is 40.0 Å². The number of aromatic nitrogens is 6. The molecule has 5 heterocycles. The van der Waals surface area contributed by atoms with Crippen molar-refractivity contribution in [1.29, 1.82) is 0 Å². The van der Waals surface area contributed by atoms with E-state index in [9.17, 15) is 22.4 Å². The number of nitrogens with zero attached hydrogens (tertiary/aromatic N) is 6. The van der Waals surface area contributed by atoms with Crippen molar-refractivity contribution in [1.82, 2.24) is 29.0 Å². The molecule has 1 amide bonds. The van der Waals surface area contributed by atoms with Gasteiger partial charge in [-0.3, -0.25) is 14.2 Å². The lowest BCUT2D eigenvalue weighted by atomic mass is 10.1. The molecule has 0 aliphatic carbocycles. The maximum absolute atomic E-state index is 13.5. The van der Waals surface area contributed by atoms with Crippen molar-refractivity contribution in [2.45, 2.75) is 6.18 Å². The summed E-state index contributed by atoms with van der Waals surface area (Å²) in [5, 5.41) is 7.12. The van der Waals surface area contributed by atoms with Crippen LogP contribution in [0.25, 0.3) is 33.9 Å². The van der Waals surface area contributed by atoms with Crippen LogP contribution < -0.4 is 5.32 Å². The fourth-order valence-corrected chi connectivity index (χ4v) is 4.03. The summed E-state index contributed by atoms with van der Waals surface area (Å²) in [4.78, 5) is 24.8. The summed E-state index contributed by atoms with van der Waals surface area (Å²) >= 11 is 0. The van der Waals surface area contributed by atoms with Crippen LogP contribution in [-0.4, -0.2) is 34.9 Å². The van der Waals surface area contributed by atoms with Crippen LogP contribution in [-0.2, 0) is 6.18 Å². The Hall–Kier alpha value is -5.13. The van der Waals surface area contributed by atoms with Gasteiger partial charge in [-0.15, -0.1) is 0 Å². The second-order valence-corrected chi connectivity index (χ2v) is 8.27. The van der Waals surface area contributed by atoms with Gasteiger partial charge >= 0.3 is 6.18 Å². The highest BCUT2D eigenvalue weighted by molar-refractivity contribution is 6.03. The standard InChI is InChI=1S/C26H15F4N7O/c27-17-6-4-15(5-7-17)23-24(36-12-2-1-3-21(36)34-23)18-8-9-22-32-20(14-37(22)35-18)33-25(38)16-10-11-31-19(13-16)26(28,29)30/h1-14H,(H,33,38). The lowest BCUT2D eigenvalue weighted by Gasteiger charge is -2.07. The molecule has 0 saturated heterocycles. The quantitative estimate of drug-likeness (QED) is 0.311. The highest BCUT2D eigenvalue weighted by Gasteiger charge is 2.33. The van der Waals surface area contributed by atoms with E-state index in [-0.39, 0.29) is 17.2 Å². The second-order valence-electron chi connectivity index (χ2n) is 8.27. The summed E-state index contributed by atoms with van der Waals surface area (Å²) in [6, 6.07) is 16.8. The van der Waals surface area contributed by atoms with E-state index in [4.69, 9.17) is 4.98 Å². The number of halogens is 4. The molecular weight excluding hydrogens is 502 g/mol. The molecule has 5 aromatic heterocycles. The first-order valence-corrected chi connectivity index (χ1v) is 11.2. The summed E-state index contributed by atoms with van der Waals surface area (Å²) < 4.78 is 55.7. The second kappa shape index (κ2) is 8.76. The monoisotopic (exact) mass is 517 g/mol. The summed E-state index contributed by atoms with van der Waals surface area (Å²) in [6.07, 6.45) is -0.475. The van der Waals surface area contributed by atoms with E-state index in [0.717, 1.165) is 6.20 Å². The van der Waals surface area contributed by atoms with Gasteiger partial charge in [-0.2, -0.15) is 18.3 Å². The van der Waals surface area contributed by atoms with Gasteiger partial charge in [-0.1, -0.05) is 6.07 Å². The van der Waals surface area contributed by atoms with Gasteiger partial charge in [0.1, 0.15) is 28.5 Å². The molecule has 6 aromatic rings. The first-order chi connectivity index (χ1) is 18.3. The number of nitrogens with one attached hydrogen (secondary N) is 1. The first kappa shape index (κ1) is 23.3. The summed E-state index contributed by atoms with van der Waals surface area (Å²) in [5.74, 6) is -1.04. The molecule has 1 N–H and O–H groups in total. The number of pyridine rings is 2. The molecule has 0 atom stereocenters. The lowest BCUT2D eigenvalue weighted by molar-refractivity contribution is -0.141. The van der Waals surface area contributed by atoms with Crippen LogP contribution in [0.3, 0.4) is 0 Å². The predicted molar refractivity (Wildman–Crippen MR) is 130 cm³/mol. The molecule has 0 aliphatic rings. The van der Waals surface area contributed by atoms with E-state index < -0.39 is 17.8 Å². The Morgan fingerprint density at radius 2 is 1.74 bits per heavy atom. The molecule has 8 nitrogen and oxygen atoms in total. The van der Waals surface area contributed by atoms with Gasteiger partial charge in [0, 0.05) is 23.5 Å². The smallest absolute Gasteiger partial charge is 0.305 e. The Morgan fingerprint density at radius 3 is 2.53 bits per heavy atom. The SMILES string of the molecule is O=C(Nc1cn2nc(-c3c(-c4ccc(F)cc4)nc4ccccn34)ccc2n1)c1ccnc(C(F)(F)F)c1. The fraction of sp³-hybridized carbons (Fsp3) is 0.0385. The maximum atomic E-state index is 13.5. The zero-order chi connectivity index (χ0) is 26.4. The number of fused-ring (bicyclic) bond motifs is 2. The van der Waals surface area contributed by atoms with Crippen LogP contribution in [0.5, 0.6) is 0 Å². The average Bonchev–Trinajstić information content (AvgIpc) is 3.49. The van der Waals surface area contributed by atoms with Crippen molar-refractivity contribution in [3.8, 4) is 22.6 Å². The normalized spacial score (nSPS) is 11.8. The zero-order valence-electron chi connectivity index (χ0n) is 19.2. The molecule has 12 heteroatoms. The molecule has 6 rings (SSSR count). The third-order valence-electron chi connectivity index (χ3n) is 5.76. The van der Waals surface area contributed by atoms with Crippen molar-refractivity contribution >= 4 is 23.0 Å². The summed E-state index contributed by atoms with van der Waals surface area (Å²) in [6.45, 7) is 0. The Bertz CT molecular complexity index is 1820. The Kier molecular flexibility index (Phi) is 5.37. The van der Waals surface area contributed by atoms with Gasteiger partial charge in [-0.05, 0) is 60.7 Å². The number of amides is 1. The summed E-state index contributed by atoms with van der Waals surface area (Å²) in [7, 11) is 0. The van der Waals surface area contributed by atoms with Crippen molar-refractivity contribution in [2.75, 3.05) is 5.32 Å². The van der Waals surface area contributed by atoms with Gasteiger partial charge in [0.05, 0.1) is 11.9 Å². The molecule has 0 radical (unpaired) electrons. The van der Waals surface area contributed by atoms with E-state index in [2.05, 4.69) is 20.4 Å². The molecule has 188 valence electrons. The minimum atomic E-state index is -4.68. The van der Waals surface area contributed by atoms with Crippen LogP contribution in [0.1, 0.15) is 16.1 Å². The third kappa shape index (κ3) is 4.21. The van der Waals surface area contributed by atoms with Gasteiger partial charge in [0.25, 0.3) is 5.91 Å².